The van der Waals surface area contributed by atoms with E-state index in [1.54, 1.807) is 0 Å². The van der Waals surface area contributed by atoms with E-state index in [-0.39, 0.29) is 5.41 Å². The molecule has 4 heteroatoms. The summed E-state index contributed by atoms with van der Waals surface area (Å²) in [6.07, 6.45) is 0.976. The molecule has 1 rings (SSSR count). The number of nitrogens with one attached hydrogen (secondary N) is 1. The highest BCUT2D eigenvalue weighted by Crippen LogP contribution is 2.22. The van der Waals surface area contributed by atoms with Crippen LogP contribution in [0.2, 0.25) is 0 Å². The Morgan fingerprint density at radius 2 is 1.89 bits per heavy atom. The normalized spacial score (nSPS) is 13.3. The summed E-state index contributed by atoms with van der Waals surface area (Å²) in [4.78, 5) is 0. The maximum absolute atomic E-state index is 5.85. The van der Waals surface area contributed by atoms with Gasteiger partial charge in [-0.2, -0.15) is 0 Å². The Kier molecular flexibility index (Phi) is 7.19. The molecule has 1 aromatic carbocycles. The molecular formula is C15H23BrClNO. The molecule has 0 amide bonds. The van der Waals surface area contributed by atoms with Crippen LogP contribution in [0.15, 0.2) is 28.7 Å². The molecule has 0 aliphatic heterocycles. The van der Waals surface area contributed by atoms with Crippen LogP contribution >= 0.6 is 27.5 Å². The highest BCUT2D eigenvalue weighted by molar-refractivity contribution is 9.10. The number of benzene rings is 1. The van der Waals surface area contributed by atoms with Crippen LogP contribution in [0.4, 0.5) is 0 Å². The molecule has 19 heavy (non-hydrogen) atoms. The Balaban J connectivity index is 2.30. The fraction of sp³-hybridized carbons (Fsp3) is 0.600. The van der Waals surface area contributed by atoms with Crippen LogP contribution in [0.5, 0.6) is 5.75 Å². The average Bonchev–Trinajstić information content (AvgIpc) is 2.34. The van der Waals surface area contributed by atoms with Crippen molar-refractivity contribution in [2.24, 2.45) is 5.41 Å². The Hall–Kier alpha value is -0.250. The van der Waals surface area contributed by atoms with E-state index in [1.165, 1.54) is 0 Å². The fourth-order valence-electron chi connectivity index (χ4n) is 1.88. The molecule has 0 aliphatic carbocycles. The molecule has 0 fully saturated rings. The number of hydrogen-bond acceptors (Lipinski definition) is 2. The van der Waals surface area contributed by atoms with Gasteiger partial charge in [0.2, 0.25) is 0 Å². The lowest BCUT2D eigenvalue weighted by Gasteiger charge is -2.31. The van der Waals surface area contributed by atoms with Gasteiger partial charge in [-0.05, 0) is 36.1 Å². The van der Waals surface area contributed by atoms with E-state index in [4.69, 9.17) is 16.3 Å². The molecule has 1 unspecified atom stereocenters. The molecule has 0 spiro atoms. The van der Waals surface area contributed by atoms with Crippen LogP contribution in [-0.4, -0.2) is 25.1 Å². The first-order valence-corrected chi connectivity index (χ1v) is 7.94. The summed E-state index contributed by atoms with van der Waals surface area (Å²) >= 11 is 9.26. The van der Waals surface area contributed by atoms with Gasteiger partial charge >= 0.3 is 0 Å². The maximum Gasteiger partial charge on any atom is 0.119 e. The third-order valence-electron chi connectivity index (χ3n) is 3.02. The van der Waals surface area contributed by atoms with Crippen LogP contribution in [0.25, 0.3) is 0 Å². The minimum atomic E-state index is 0.215. The van der Waals surface area contributed by atoms with Crippen molar-refractivity contribution in [1.82, 2.24) is 5.32 Å². The number of halogens is 2. The summed E-state index contributed by atoms with van der Waals surface area (Å²) in [5.74, 6) is 1.58. The second-order valence-electron chi connectivity index (χ2n) is 5.65. The molecule has 0 radical (unpaired) electrons. The van der Waals surface area contributed by atoms with Crippen molar-refractivity contribution in [3.05, 3.63) is 28.7 Å². The second kappa shape index (κ2) is 8.13. The Morgan fingerprint density at radius 1 is 1.26 bits per heavy atom. The van der Waals surface area contributed by atoms with Gasteiger partial charge in [0, 0.05) is 22.9 Å². The lowest BCUT2D eigenvalue weighted by atomic mass is 9.85. The monoisotopic (exact) mass is 347 g/mol. The van der Waals surface area contributed by atoms with Crippen molar-refractivity contribution in [3.63, 3.8) is 0 Å². The van der Waals surface area contributed by atoms with E-state index < -0.39 is 0 Å². The number of rotatable bonds is 7. The quantitative estimate of drug-likeness (QED) is 0.580. The van der Waals surface area contributed by atoms with Gasteiger partial charge in [-0.25, -0.2) is 0 Å². The molecular weight excluding hydrogens is 326 g/mol. The molecule has 2 nitrogen and oxygen atoms in total. The summed E-state index contributed by atoms with van der Waals surface area (Å²) in [6, 6.07) is 8.30. The average molecular weight is 349 g/mol. The van der Waals surface area contributed by atoms with E-state index >= 15 is 0 Å². The van der Waals surface area contributed by atoms with Gasteiger partial charge in [0.05, 0.1) is 0 Å². The zero-order valence-electron chi connectivity index (χ0n) is 11.9. The highest BCUT2D eigenvalue weighted by atomic mass is 79.9. The Labute approximate surface area is 130 Å². The lowest BCUT2D eigenvalue weighted by molar-refractivity contribution is 0.237. The molecule has 0 aromatic heterocycles. The summed E-state index contributed by atoms with van der Waals surface area (Å²) in [5.41, 5.74) is 0.215. The molecule has 1 N–H and O–H groups in total. The van der Waals surface area contributed by atoms with Crippen molar-refractivity contribution in [1.29, 1.82) is 0 Å². The smallest absolute Gasteiger partial charge is 0.119 e. The van der Waals surface area contributed by atoms with Crippen LogP contribution in [0.3, 0.4) is 0 Å². The summed E-state index contributed by atoms with van der Waals surface area (Å²) in [7, 11) is 0. The predicted octanol–water partition coefficient (Wildman–Crippen LogP) is 4.46. The fourth-order valence-corrected chi connectivity index (χ4v) is 2.37. The Bertz CT molecular complexity index is 361. The Morgan fingerprint density at radius 3 is 2.42 bits per heavy atom. The maximum atomic E-state index is 5.85. The SMILES string of the molecule is CC(C)(C)C(CCCl)NCCOc1ccc(Br)cc1. The van der Waals surface area contributed by atoms with Crippen LogP contribution < -0.4 is 10.1 Å². The van der Waals surface area contributed by atoms with Gasteiger partial charge in [0.25, 0.3) is 0 Å². The van der Waals surface area contributed by atoms with E-state index in [0.29, 0.717) is 18.5 Å². The van der Waals surface area contributed by atoms with Gasteiger partial charge in [0.1, 0.15) is 12.4 Å². The zero-order chi connectivity index (χ0) is 14.3. The lowest BCUT2D eigenvalue weighted by Crippen LogP contribution is -2.42. The third-order valence-corrected chi connectivity index (χ3v) is 3.77. The van der Waals surface area contributed by atoms with Crippen LogP contribution in [-0.2, 0) is 0 Å². The first-order chi connectivity index (χ1) is 8.93. The van der Waals surface area contributed by atoms with Crippen molar-refractivity contribution in [2.75, 3.05) is 19.0 Å². The largest absolute Gasteiger partial charge is 0.492 e. The van der Waals surface area contributed by atoms with Crippen molar-refractivity contribution >= 4 is 27.5 Å². The predicted molar refractivity (Wildman–Crippen MR) is 86.2 cm³/mol. The van der Waals surface area contributed by atoms with Gasteiger partial charge in [-0.15, -0.1) is 11.6 Å². The molecule has 108 valence electrons. The molecule has 0 aliphatic rings. The van der Waals surface area contributed by atoms with Crippen molar-refractivity contribution in [2.45, 2.75) is 33.2 Å². The minimum Gasteiger partial charge on any atom is -0.492 e. The van der Waals surface area contributed by atoms with Gasteiger partial charge in [0.15, 0.2) is 0 Å². The van der Waals surface area contributed by atoms with E-state index in [1.807, 2.05) is 24.3 Å². The molecule has 0 bridgehead atoms. The first kappa shape index (κ1) is 16.8. The number of alkyl halides is 1. The molecule has 1 aromatic rings. The summed E-state index contributed by atoms with van der Waals surface area (Å²) < 4.78 is 6.75. The van der Waals surface area contributed by atoms with Gasteiger partial charge in [-0.3, -0.25) is 0 Å². The van der Waals surface area contributed by atoms with E-state index in [9.17, 15) is 0 Å². The molecule has 0 saturated heterocycles. The number of ether oxygens (including phenoxy) is 1. The zero-order valence-corrected chi connectivity index (χ0v) is 14.2. The van der Waals surface area contributed by atoms with Gasteiger partial charge in [-0.1, -0.05) is 36.7 Å². The minimum absolute atomic E-state index is 0.215. The highest BCUT2D eigenvalue weighted by Gasteiger charge is 2.23. The topological polar surface area (TPSA) is 21.3 Å². The summed E-state index contributed by atoms with van der Waals surface area (Å²) in [6.45, 7) is 8.18. The second-order valence-corrected chi connectivity index (χ2v) is 6.95. The molecule has 1 atom stereocenters. The molecule has 0 saturated carbocycles. The standard InChI is InChI=1S/C15H23BrClNO/c1-15(2,3)14(8-9-17)18-10-11-19-13-6-4-12(16)5-7-13/h4-7,14,18H,8-11H2,1-3H3. The van der Waals surface area contributed by atoms with Crippen LogP contribution in [0, 0.1) is 5.41 Å². The van der Waals surface area contributed by atoms with Crippen molar-refractivity contribution < 1.29 is 4.74 Å². The summed E-state index contributed by atoms with van der Waals surface area (Å²) in [5, 5.41) is 3.52. The van der Waals surface area contributed by atoms with Gasteiger partial charge < -0.3 is 10.1 Å². The first-order valence-electron chi connectivity index (χ1n) is 6.61. The molecule has 0 heterocycles. The van der Waals surface area contributed by atoms with E-state index in [2.05, 4.69) is 42.0 Å². The van der Waals surface area contributed by atoms with Crippen molar-refractivity contribution in [3.8, 4) is 5.75 Å². The van der Waals surface area contributed by atoms with Crippen LogP contribution in [0.1, 0.15) is 27.2 Å². The van der Waals surface area contributed by atoms with E-state index in [0.717, 1.165) is 23.2 Å². The number of hydrogen-bond donors (Lipinski definition) is 1. The third kappa shape index (κ3) is 6.64.